The molecule has 0 saturated carbocycles. The molecule has 1 N–H and O–H groups in total. The highest BCUT2D eigenvalue weighted by molar-refractivity contribution is 5.88. The normalized spacial score (nSPS) is 10.3. The summed E-state index contributed by atoms with van der Waals surface area (Å²) in [7, 11) is 3.24. The molecule has 2 aromatic heterocycles. The second kappa shape index (κ2) is 3.61. The predicted octanol–water partition coefficient (Wildman–Crippen LogP) is 1.20. The molecular formula is C10H11N3O2. The fourth-order valence-corrected chi connectivity index (χ4v) is 1.38. The van der Waals surface area contributed by atoms with Crippen LogP contribution < -0.4 is 0 Å². The van der Waals surface area contributed by atoms with Crippen LogP contribution in [-0.2, 0) is 11.8 Å². The third-order valence-electron chi connectivity index (χ3n) is 2.15. The number of ether oxygens (including phenoxy) is 1. The second-order valence-electron chi connectivity index (χ2n) is 3.14. The van der Waals surface area contributed by atoms with E-state index in [-0.39, 0.29) is 5.97 Å². The number of aryl methyl sites for hydroxylation is 1. The number of nitrogens with zero attached hydrogens (tertiary/aromatic N) is 2. The molecular weight excluding hydrogens is 194 g/mol. The fourth-order valence-electron chi connectivity index (χ4n) is 1.38. The van der Waals surface area contributed by atoms with Gasteiger partial charge in [-0.1, -0.05) is 0 Å². The molecule has 0 bridgehead atoms. The van der Waals surface area contributed by atoms with E-state index in [0.717, 1.165) is 11.5 Å². The largest absolute Gasteiger partial charge is 0.464 e. The van der Waals surface area contributed by atoms with E-state index in [1.54, 1.807) is 18.3 Å². The van der Waals surface area contributed by atoms with Gasteiger partial charge in [0, 0.05) is 19.4 Å². The maximum absolute atomic E-state index is 11.2. The predicted molar refractivity (Wildman–Crippen MR) is 54.3 cm³/mol. The number of hydrogen-bond acceptors (Lipinski definition) is 3. The van der Waals surface area contributed by atoms with Crippen LogP contribution in [-0.4, -0.2) is 27.6 Å². The highest BCUT2D eigenvalue weighted by Crippen LogP contribution is 2.15. The van der Waals surface area contributed by atoms with E-state index in [1.807, 2.05) is 17.8 Å². The summed E-state index contributed by atoms with van der Waals surface area (Å²) in [6.07, 6.45) is 3.54. The number of carbonyl (C=O) groups is 1. The number of esters is 1. The van der Waals surface area contributed by atoms with Crippen molar-refractivity contribution in [3.63, 3.8) is 0 Å². The summed E-state index contributed by atoms with van der Waals surface area (Å²) in [6, 6.07) is 3.48. The van der Waals surface area contributed by atoms with Crippen LogP contribution in [0.3, 0.4) is 0 Å². The Balaban J connectivity index is 2.36. The molecule has 0 radical (unpaired) electrons. The Morgan fingerprint density at radius 2 is 2.33 bits per heavy atom. The van der Waals surface area contributed by atoms with Crippen LogP contribution >= 0.6 is 0 Å². The smallest absolute Gasteiger partial charge is 0.354 e. The first-order valence-corrected chi connectivity index (χ1v) is 4.47. The zero-order valence-corrected chi connectivity index (χ0v) is 8.52. The molecule has 0 aliphatic rings. The van der Waals surface area contributed by atoms with Crippen molar-refractivity contribution in [1.82, 2.24) is 14.5 Å². The molecule has 15 heavy (non-hydrogen) atoms. The second-order valence-corrected chi connectivity index (χ2v) is 3.14. The number of carbonyl (C=O) groups excluding carboxylic acids is 1. The third-order valence-corrected chi connectivity index (χ3v) is 2.15. The number of aromatic amines is 1. The quantitative estimate of drug-likeness (QED) is 0.749. The van der Waals surface area contributed by atoms with Gasteiger partial charge in [-0.3, -0.25) is 0 Å². The van der Waals surface area contributed by atoms with Crippen LogP contribution in [0.5, 0.6) is 0 Å². The number of rotatable bonds is 2. The van der Waals surface area contributed by atoms with E-state index in [1.165, 1.54) is 7.11 Å². The van der Waals surface area contributed by atoms with Crippen LogP contribution in [0.4, 0.5) is 0 Å². The molecule has 5 heteroatoms. The Bertz CT molecular complexity index is 484. The Morgan fingerprint density at radius 3 is 2.93 bits per heavy atom. The van der Waals surface area contributed by atoms with Crippen LogP contribution in [0.1, 0.15) is 10.5 Å². The number of H-pyrrole nitrogens is 1. The lowest BCUT2D eigenvalue weighted by molar-refractivity contribution is 0.0595. The van der Waals surface area contributed by atoms with Gasteiger partial charge in [0.2, 0.25) is 0 Å². The molecule has 2 aromatic rings. The van der Waals surface area contributed by atoms with E-state index in [9.17, 15) is 4.79 Å². The SMILES string of the molecule is COC(=O)c1ccc(-c2nccn2C)[nH]1. The molecule has 0 aromatic carbocycles. The fraction of sp³-hybridized carbons (Fsp3) is 0.200. The maximum Gasteiger partial charge on any atom is 0.354 e. The minimum Gasteiger partial charge on any atom is -0.464 e. The zero-order valence-electron chi connectivity index (χ0n) is 8.52. The first kappa shape index (κ1) is 9.51. The molecule has 78 valence electrons. The Morgan fingerprint density at radius 1 is 1.53 bits per heavy atom. The molecule has 0 spiro atoms. The van der Waals surface area contributed by atoms with Crippen molar-refractivity contribution in [2.24, 2.45) is 7.05 Å². The molecule has 0 saturated heterocycles. The van der Waals surface area contributed by atoms with Crippen LogP contribution in [0.25, 0.3) is 11.5 Å². The topological polar surface area (TPSA) is 59.9 Å². The first-order chi connectivity index (χ1) is 7.22. The van der Waals surface area contributed by atoms with Crippen molar-refractivity contribution in [2.75, 3.05) is 7.11 Å². The molecule has 0 amide bonds. The molecule has 0 aliphatic carbocycles. The van der Waals surface area contributed by atoms with Gasteiger partial charge in [0.05, 0.1) is 12.8 Å². The first-order valence-electron chi connectivity index (χ1n) is 4.47. The van der Waals surface area contributed by atoms with Crippen molar-refractivity contribution in [1.29, 1.82) is 0 Å². The molecule has 2 rings (SSSR count). The summed E-state index contributed by atoms with van der Waals surface area (Å²) in [5, 5.41) is 0. The molecule has 0 unspecified atom stereocenters. The van der Waals surface area contributed by atoms with E-state index in [0.29, 0.717) is 5.69 Å². The number of imidazole rings is 1. The summed E-state index contributed by atoms with van der Waals surface area (Å²) in [4.78, 5) is 18.3. The number of hydrogen-bond donors (Lipinski definition) is 1. The summed E-state index contributed by atoms with van der Waals surface area (Å²) >= 11 is 0. The highest BCUT2D eigenvalue weighted by atomic mass is 16.5. The van der Waals surface area contributed by atoms with Gasteiger partial charge in [-0.2, -0.15) is 0 Å². The van der Waals surface area contributed by atoms with Crippen molar-refractivity contribution in [3.05, 3.63) is 30.2 Å². The van der Waals surface area contributed by atoms with E-state index in [2.05, 4.69) is 14.7 Å². The average Bonchev–Trinajstić information content (AvgIpc) is 2.84. The Kier molecular flexibility index (Phi) is 2.29. The molecule has 0 fully saturated rings. The summed E-state index contributed by atoms with van der Waals surface area (Å²) < 4.78 is 6.47. The maximum atomic E-state index is 11.2. The van der Waals surface area contributed by atoms with Crippen LogP contribution in [0.15, 0.2) is 24.5 Å². The zero-order chi connectivity index (χ0) is 10.8. The number of aromatic nitrogens is 3. The minimum absolute atomic E-state index is 0.379. The Hall–Kier alpha value is -2.04. The van der Waals surface area contributed by atoms with E-state index < -0.39 is 0 Å². The lowest BCUT2D eigenvalue weighted by Crippen LogP contribution is -2.01. The lowest BCUT2D eigenvalue weighted by atomic mass is 10.4. The highest BCUT2D eigenvalue weighted by Gasteiger charge is 2.10. The van der Waals surface area contributed by atoms with Crippen LogP contribution in [0.2, 0.25) is 0 Å². The minimum atomic E-state index is -0.379. The summed E-state index contributed by atoms with van der Waals surface area (Å²) in [5.74, 6) is 0.403. The number of methoxy groups -OCH3 is 1. The van der Waals surface area contributed by atoms with Gasteiger partial charge < -0.3 is 14.3 Å². The standard InChI is InChI=1S/C10H11N3O2/c1-13-6-5-11-9(13)7-3-4-8(12-7)10(14)15-2/h3-6,12H,1-2H3. The van der Waals surface area contributed by atoms with Crippen molar-refractivity contribution in [3.8, 4) is 11.5 Å². The van der Waals surface area contributed by atoms with Gasteiger partial charge in [0.1, 0.15) is 5.69 Å². The summed E-state index contributed by atoms with van der Waals surface area (Å²) in [6.45, 7) is 0. The molecule has 2 heterocycles. The average molecular weight is 205 g/mol. The van der Waals surface area contributed by atoms with Gasteiger partial charge in [0.25, 0.3) is 0 Å². The lowest BCUT2D eigenvalue weighted by Gasteiger charge is -1.98. The van der Waals surface area contributed by atoms with Gasteiger partial charge in [-0.25, -0.2) is 9.78 Å². The van der Waals surface area contributed by atoms with Gasteiger partial charge >= 0.3 is 5.97 Å². The van der Waals surface area contributed by atoms with E-state index in [4.69, 9.17) is 0 Å². The molecule has 5 nitrogen and oxygen atoms in total. The molecule has 0 atom stereocenters. The summed E-state index contributed by atoms with van der Waals surface area (Å²) in [5.41, 5.74) is 1.22. The van der Waals surface area contributed by atoms with Crippen molar-refractivity contribution >= 4 is 5.97 Å². The van der Waals surface area contributed by atoms with E-state index >= 15 is 0 Å². The Labute approximate surface area is 86.7 Å². The van der Waals surface area contributed by atoms with Crippen LogP contribution in [0, 0.1) is 0 Å². The number of nitrogens with one attached hydrogen (secondary N) is 1. The monoisotopic (exact) mass is 205 g/mol. The van der Waals surface area contributed by atoms with Gasteiger partial charge in [-0.15, -0.1) is 0 Å². The molecule has 0 aliphatic heterocycles. The van der Waals surface area contributed by atoms with Crippen molar-refractivity contribution < 1.29 is 9.53 Å². The third kappa shape index (κ3) is 1.63. The van der Waals surface area contributed by atoms with Gasteiger partial charge in [-0.05, 0) is 12.1 Å². The van der Waals surface area contributed by atoms with Crippen molar-refractivity contribution in [2.45, 2.75) is 0 Å². The van der Waals surface area contributed by atoms with Gasteiger partial charge in [0.15, 0.2) is 5.82 Å².